The number of nitrogens with zero attached hydrogens (tertiary/aromatic N) is 1. The van der Waals surface area contributed by atoms with Gasteiger partial charge in [0.1, 0.15) is 0 Å². The van der Waals surface area contributed by atoms with Crippen LogP contribution in [0.4, 0.5) is 4.79 Å². The quantitative estimate of drug-likeness (QED) is 0.544. The van der Waals surface area contributed by atoms with E-state index in [1.54, 1.807) is 11.8 Å². The smallest absolute Gasteiger partial charge is 0.312 e. The fourth-order valence-corrected chi connectivity index (χ4v) is 3.03. The van der Waals surface area contributed by atoms with Crippen LogP contribution in [0, 0.1) is 0 Å². The van der Waals surface area contributed by atoms with Crippen LogP contribution in [0.5, 0.6) is 0 Å². The summed E-state index contributed by atoms with van der Waals surface area (Å²) in [5.41, 5.74) is 7.39. The molecule has 7 nitrogen and oxygen atoms in total. The summed E-state index contributed by atoms with van der Waals surface area (Å²) in [6.07, 6.45) is 2.48. The van der Waals surface area contributed by atoms with Crippen molar-refractivity contribution in [1.82, 2.24) is 10.2 Å². The van der Waals surface area contributed by atoms with Gasteiger partial charge < -0.3 is 20.7 Å². The molecule has 26 heavy (non-hydrogen) atoms. The minimum atomic E-state index is -0.774. The number of rotatable bonds is 8. The molecule has 0 radical (unpaired) electrons. The molecular weight excluding hydrogens is 334 g/mol. The summed E-state index contributed by atoms with van der Waals surface area (Å²) in [6.45, 7) is 3.32. The first-order valence-corrected chi connectivity index (χ1v) is 9.05. The molecule has 1 aromatic carbocycles. The number of fused-ring (bicyclic) bond motifs is 1. The van der Waals surface area contributed by atoms with E-state index in [9.17, 15) is 14.4 Å². The van der Waals surface area contributed by atoms with Gasteiger partial charge in [-0.3, -0.25) is 9.59 Å². The number of benzene rings is 1. The number of hydrogen-bond acceptors (Lipinski definition) is 4. The van der Waals surface area contributed by atoms with Gasteiger partial charge in [0.25, 0.3) is 5.91 Å². The van der Waals surface area contributed by atoms with Crippen LogP contribution in [0.2, 0.25) is 0 Å². The van der Waals surface area contributed by atoms with Crippen LogP contribution in [0.1, 0.15) is 43.7 Å². The van der Waals surface area contributed by atoms with Crippen molar-refractivity contribution in [2.75, 3.05) is 13.1 Å². The van der Waals surface area contributed by atoms with Gasteiger partial charge in [0.15, 0.2) is 6.10 Å². The van der Waals surface area contributed by atoms with Gasteiger partial charge >= 0.3 is 12.0 Å². The molecule has 1 aliphatic rings. The standard InChI is InChI=1S/C19H27N3O4/c1-14(26-17(23)9-3-2-6-11-21-19(20)25)18(24)22-12-10-15-7-4-5-8-16(15)13-22/h4-5,7-8,14H,2-3,6,9-13H2,1H3,(H3,20,21,25)/t14-/m1/s1. The van der Waals surface area contributed by atoms with E-state index in [1.807, 2.05) is 18.2 Å². The van der Waals surface area contributed by atoms with Crippen molar-refractivity contribution in [3.05, 3.63) is 35.4 Å². The summed E-state index contributed by atoms with van der Waals surface area (Å²) < 4.78 is 5.28. The molecule has 1 atom stereocenters. The van der Waals surface area contributed by atoms with Gasteiger partial charge in [-0.15, -0.1) is 0 Å². The summed E-state index contributed by atoms with van der Waals surface area (Å²) in [5.74, 6) is -0.523. The number of nitrogens with two attached hydrogens (primary N) is 1. The molecule has 0 spiro atoms. The van der Waals surface area contributed by atoms with Crippen molar-refractivity contribution in [2.45, 2.75) is 51.7 Å². The molecule has 0 aromatic heterocycles. The SMILES string of the molecule is C[C@@H](OC(=O)CCCCCNC(N)=O)C(=O)N1CCc2ccccc2C1. The Morgan fingerprint density at radius 1 is 1.19 bits per heavy atom. The number of carbonyl (C=O) groups excluding carboxylic acids is 3. The highest BCUT2D eigenvalue weighted by Crippen LogP contribution is 2.19. The number of esters is 1. The van der Waals surface area contributed by atoms with E-state index in [0.717, 1.165) is 24.8 Å². The summed E-state index contributed by atoms with van der Waals surface area (Å²) in [5, 5.41) is 2.50. The molecule has 0 aliphatic carbocycles. The van der Waals surface area contributed by atoms with Crippen LogP contribution in [0.15, 0.2) is 24.3 Å². The van der Waals surface area contributed by atoms with Gasteiger partial charge in [-0.25, -0.2) is 4.79 Å². The molecule has 142 valence electrons. The average molecular weight is 361 g/mol. The molecule has 1 heterocycles. The van der Waals surface area contributed by atoms with Crippen LogP contribution in [-0.4, -0.2) is 42.0 Å². The normalized spacial score (nSPS) is 14.3. The Bertz CT molecular complexity index is 647. The van der Waals surface area contributed by atoms with Crippen LogP contribution in [0.3, 0.4) is 0 Å². The summed E-state index contributed by atoms with van der Waals surface area (Å²) in [4.78, 5) is 36.7. The lowest BCUT2D eigenvalue weighted by molar-refractivity contribution is -0.159. The van der Waals surface area contributed by atoms with Crippen molar-refractivity contribution in [3.63, 3.8) is 0 Å². The Hall–Kier alpha value is -2.57. The maximum absolute atomic E-state index is 12.5. The molecule has 0 unspecified atom stereocenters. The van der Waals surface area contributed by atoms with Gasteiger partial charge in [0, 0.05) is 26.1 Å². The monoisotopic (exact) mass is 361 g/mol. The second kappa shape index (κ2) is 9.79. The number of ether oxygens (including phenoxy) is 1. The van der Waals surface area contributed by atoms with Crippen LogP contribution >= 0.6 is 0 Å². The zero-order chi connectivity index (χ0) is 18.9. The number of carbonyl (C=O) groups is 3. The number of unbranched alkanes of at least 4 members (excludes halogenated alkanes) is 2. The molecule has 3 amide bonds. The number of hydrogen-bond donors (Lipinski definition) is 2. The van der Waals surface area contributed by atoms with E-state index < -0.39 is 12.1 Å². The third kappa shape index (κ3) is 6.06. The highest BCUT2D eigenvalue weighted by atomic mass is 16.5. The first-order chi connectivity index (χ1) is 12.5. The number of nitrogens with one attached hydrogen (secondary N) is 1. The van der Waals surface area contributed by atoms with E-state index in [1.165, 1.54) is 5.56 Å². The average Bonchev–Trinajstić information content (AvgIpc) is 2.63. The first-order valence-electron chi connectivity index (χ1n) is 9.05. The fraction of sp³-hybridized carbons (Fsp3) is 0.526. The highest BCUT2D eigenvalue weighted by molar-refractivity contribution is 5.83. The Morgan fingerprint density at radius 3 is 2.65 bits per heavy atom. The Balaban J connectivity index is 1.68. The lowest BCUT2D eigenvalue weighted by Gasteiger charge is -2.30. The van der Waals surface area contributed by atoms with Crippen molar-refractivity contribution in [2.24, 2.45) is 5.73 Å². The minimum absolute atomic E-state index is 0.154. The maximum Gasteiger partial charge on any atom is 0.312 e. The third-order valence-electron chi connectivity index (χ3n) is 4.46. The maximum atomic E-state index is 12.5. The topological polar surface area (TPSA) is 102 Å². The van der Waals surface area contributed by atoms with Crippen LogP contribution in [0.25, 0.3) is 0 Å². The molecule has 0 fully saturated rings. The van der Waals surface area contributed by atoms with Crippen molar-refractivity contribution >= 4 is 17.9 Å². The van der Waals surface area contributed by atoms with Gasteiger partial charge in [0.2, 0.25) is 0 Å². The van der Waals surface area contributed by atoms with Crippen molar-refractivity contribution in [3.8, 4) is 0 Å². The Labute approximate surface area is 153 Å². The highest BCUT2D eigenvalue weighted by Gasteiger charge is 2.26. The molecule has 0 saturated heterocycles. The zero-order valence-corrected chi connectivity index (χ0v) is 15.2. The molecular formula is C19H27N3O4. The van der Waals surface area contributed by atoms with Gasteiger partial charge in [-0.1, -0.05) is 30.7 Å². The molecule has 7 heteroatoms. The van der Waals surface area contributed by atoms with E-state index in [0.29, 0.717) is 26.1 Å². The largest absolute Gasteiger partial charge is 0.453 e. The minimum Gasteiger partial charge on any atom is -0.453 e. The molecule has 2 rings (SSSR count). The predicted octanol–water partition coefficient (Wildman–Crippen LogP) is 1.73. The van der Waals surface area contributed by atoms with Gasteiger partial charge in [0.05, 0.1) is 0 Å². The van der Waals surface area contributed by atoms with E-state index >= 15 is 0 Å². The van der Waals surface area contributed by atoms with Crippen LogP contribution < -0.4 is 11.1 Å². The number of urea groups is 1. The summed E-state index contributed by atoms with van der Waals surface area (Å²) >= 11 is 0. The number of primary amides is 1. The van der Waals surface area contributed by atoms with Crippen molar-refractivity contribution in [1.29, 1.82) is 0 Å². The predicted molar refractivity (Wildman–Crippen MR) is 97.2 cm³/mol. The summed E-state index contributed by atoms with van der Waals surface area (Å²) in [6, 6.07) is 7.54. The van der Waals surface area contributed by atoms with Gasteiger partial charge in [-0.2, -0.15) is 0 Å². The Kier molecular flexibility index (Phi) is 7.44. The van der Waals surface area contributed by atoms with E-state index in [2.05, 4.69) is 11.4 Å². The van der Waals surface area contributed by atoms with Crippen molar-refractivity contribution < 1.29 is 19.1 Å². The lowest BCUT2D eigenvalue weighted by Crippen LogP contribution is -2.42. The number of amides is 3. The molecule has 0 bridgehead atoms. The van der Waals surface area contributed by atoms with E-state index in [-0.39, 0.29) is 18.3 Å². The van der Waals surface area contributed by atoms with E-state index in [4.69, 9.17) is 10.5 Å². The van der Waals surface area contributed by atoms with Gasteiger partial charge in [-0.05, 0) is 37.3 Å². The molecule has 0 saturated carbocycles. The fourth-order valence-electron chi connectivity index (χ4n) is 3.03. The Morgan fingerprint density at radius 2 is 1.92 bits per heavy atom. The zero-order valence-electron chi connectivity index (χ0n) is 15.2. The second-order valence-electron chi connectivity index (χ2n) is 6.51. The molecule has 1 aliphatic heterocycles. The molecule has 3 N–H and O–H groups in total. The lowest BCUT2D eigenvalue weighted by atomic mass is 9.99. The second-order valence-corrected chi connectivity index (χ2v) is 6.51. The molecule has 1 aromatic rings. The van der Waals surface area contributed by atoms with Crippen LogP contribution in [-0.2, 0) is 27.3 Å². The third-order valence-corrected chi connectivity index (χ3v) is 4.46. The first kappa shape index (κ1) is 19.8. The summed E-state index contributed by atoms with van der Waals surface area (Å²) in [7, 11) is 0.